The lowest BCUT2D eigenvalue weighted by atomic mass is 9.92. The smallest absolute Gasteiger partial charge is 0.295 e. The van der Waals surface area contributed by atoms with Crippen LogP contribution in [0.2, 0.25) is 0 Å². The van der Waals surface area contributed by atoms with Crippen molar-refractivity contribution in [2.24, 2.45) is 0 Å². The van der Waals surface area contributed by atoms with Gasteiger partial charge in [0, 0.05) is 12.1 Å². The van der Waals surface area contributed by atoms with Gasteiger partial charge in [0.25, 0.3) is 11.7 Å². The number of carbonyl (C=O) groups is 2. The molecule has 1 saturated heterocycles. The highest BCUT2D eigenvalue weighted by atomic mass is 16.5. The maximum Gasteiger partial charge on any atom is 0.295 e. The van der Waals surface area contributed by atoms with Crippen LogP contribution >= 0.6 is 0 Å². The van der Waals surface area contributed by atoms with Crippen molar-refractivity contribution in [1.29, 1.82) is 0 Å². The molecule has 2 aromatic rings. The second-order valence-electron chi connectivity index (χ2n) is 8.60. The zero-order valence-electron chi connectivity index (χ0n) is 19.6. The number of aryl methyl sites for hydroxylation is 1. The molecule has 2 aromatic carbocycles. The lowest BCUT2D eigenvalue weighted by Gasteiger charge is -2.25. The van der Waals surface area contributed by atoms with Crippen LogP contribution in [0.4, 0.5) is 0 Å². The van der Waals surface area contributed by atoms with E-state index in [0.29, 0.717) is 18.7 Å². The molecule has 32 heavy (non-hydrogen) atoms. The number of ketones is 1. The molecule has 1 fully saturated rings. The lowest BCUT2D eigenvalue weighted by molar-refractivity contribution is -0.139. The molecule has 1 atom stereocenters. The Hall–Kier alpha value is -3.08. The highest BCUT2D eigenvalue weighted by Crippen LogP contribution is 2.40. The summed E-state index contributed by atoms with van der Waals surface area (Å²) >= 11 is 0. The fourth-order valence-electron chi connectivity index (χ4n) is 4.22. The number of hydrogen-bond acceptors (Lipinski definition) is 4. The number of amides is 1. The monoisotopic (exact) mass is 435 g/mol. The van der Waals surface area contributed by atoms with E-state index in [4.69, 9.17) is 4.74 Å². The molecular formula is C27H33NO4. The van der Waals surface area contributed by atoms with E-state index in [0.717, 1.165) is 35.3 Å². The number of carbonyl (C=O) groups excluding carboxylic acids is 2. The fourth-order valence-corrected chi connectivity index (χ4v) is 4.22. The molecule has 0 radical (unpaired) electrons. The Kier molecular flexibility index (Phi) is 7.39. The van der Waals surface area contributed by atoms with Gasteiger partial charge < -0.3 is 14.7 Å². The third-order valence-electron chi connectivity index (χ3n) is 5.86. The van der Waals surface area contributed by atoms with E-state index in [-0.39, 0.29) is 17.3 Å². The summed E-state index contributed by atoms with van der Waals surface area (Å²) in [6.45, 7) is 11.1. The molecule has 5 heteroatoms. The molecule has 0 saturated carbocycles. The molecule has 0 aromatic heterocycles. The number of benzene rings is 2. The van der Waals surface area contributed by atoms with Gasteiger partial charge in [0.15, 0.2) is 0 Å². The van der Waals surface area contributed by atoms with Crippen molar-refractivity contribution >= 4 is 17.4 Å². The van der Waals surface area contributed by atoms with Crippen LogP contribution in [0.3, 0.4) is 0 Å². The molecule has 1 unspecified atom stereocenters. The average molecular weight is 436 g/mol. The minimum atomic E-state index is -0.634. The zero-order chi connectivity index (χ0) is 23.4. The Morgan fingerprint density at radius 2 is 1.88 bits per heavy atom. The number of unbranched alkanes of at least 4 members (excludes halogenated alkanes) is 1. The number of hydrogen-bond donors (Lipinski definition) is 1. The van der Waals surface area contributed by atoms with Gasteiger partial charge in [-0.1, -0.05) is 57.0 Å². The first-order chi connectivity index (χ1) is 15.3. The highest BCUT2D eigenvalue weighted by molar-refractivity contribution is 6.46. The highest BCUT2D eigenvalue weighted by Gasteiger charge is 2.45. The quantitative estimate of drug-likeness (QED) is 0.326. The Morgan fingerprint density at radius 1 is 1.12 bits per heavy atom. The van der Waals surface area contributed by atoms with Crippen molar-refractivity contribution in [3.05, 3.63) is 70.3 Å². The summed E-state index contributed by atoms with van der Waals surface area (Å²) in [7, 11) is 0. The number of nitrogens with zero attached hydrogens (tertiary/aromatic N) is 1. The molecule has 0 aliphatic carbocycles. The first-order valence-electron chi connectivity index (χ1n) is 11.4. The Morgan fingerprint density at radius 3 is 2.50 bits per heavy atom. The maximum atomic E-state index is 13.1. The van der Waals surface area contributed by atoms with Crippen molar-refractivity contribution in [1.82, 2.24) is 4.90 Å². The van der Waals surface area contributed by atoms with Crippen LogP contribution in [0.1, 0.15) is 74.8 Å². The van der Waals surface area contributed by atoms with Gasteiger partial charge in [-0.2, -0.15) is 0 Å². The number of aliphatic hydroxyl groups is 1. The summed E-state index contributed by atoms with van der Waals surface area (Å²) in [5, 5.41) is 11.3. The summed E-state index contributed by atoms with van der Waals surface area (Å²) in [6, 6.07) is 12.6. The Balaban J connectivity index is 2.18. The van der Waals surface area contributed by atoms with Crippen molar-refractivity contribution in [3.8, 4) is 5.75 Å². The first kappa shape index (κ1) is 23.6. The molecule has 0 bridgehead atoms. The molecule has 5 nitrogen and oxygen atoms in total. The minimum absolute atomic E-state index is 0.140. The number of Topliss-reactive ketones (excluding diaryl/α,β-unsaturated/α-hetero) is 1. The second kappa shape index (κ2) is 10.0. The number of ether oxygens (including phenoxy) is 1. The van der Waals surface area contributed by atoms with Crippen LogP contribution in [0.5, 0.6) is 5.75 Å². The predicted octanol–water partition coefficient (Wildman–Crippen LogP) is 5.74. The largest absolute Gasteiger partial charge is 0.507 e. The predicted molar refractivity (Wildman–Crippen MR) is 127 cm³/mol. The van der Waals surface area contributed by atoms with Gasteiger partial charge in [-0.05, 0) is 55.5 Å². The lowest BCUT2D eigenvalue weighted by Crippen LogP contribution is -2.30. The van der Waals surface area contributed by atoms with Gasteiger partial charge >= 0.3 is 0 Å². The number of rotatable bonds is 8. The molecule has 1 aliphatic rings. The van der Waals surface area contributed by atoms with Crippen molar-refractivity contribution in [2.45, 2.75) is 59.4 Å². The van der Waals surface area contributed by atoms with Crippen LogP contribution in [0.15, 0.2) is 48.0 Å². The van der Waals surface area contributed by atoms with Gasteiger partial charge in [-0.25, -0.2) is 0 Å². The van der Waals surface area contributed by atoms with Gasteiger partial charge in [-0.3, -0.25) is 9.59 Å². The molecule has 1 N–H and O–H groups in total. The summed E-state index contributed by atoms with van der Waals surface area (Å²) in [6.07, 6.45) is 1.69. The van der Waals surface area contributed by atoms with E-state index < -0.39 is 17.7 Å². The second-order valence-corrected chi connectivity index (χ2v) is 8.60. The zero-order valence-corrected chi connectivity index (χ0v) is 19.6. The van der Waals surface area contributed by atoms with Crippen molar-refractivity contribution < 1.29 is 19.4 Å². The molecule has 1 heterocycles. The molecule has 1 amide bonds. The van der Waals surface area contributed by atoms with Gasteiger partial charge in [0.2, 0.25) is 0 Å². The van der Waals surface area contributed by atoms with Crippen molar-refractivity contribution in [2.75, 3.05) is 13.2 Å². The van der Waals surface area contributed by atoms with E-state index in [2.05, 4.69) is 13.8 Å². The molecular weight excluding hydrogens is 402 g/mol. The SMILES string of the molecule is CCCCN1C(=O)C(=O)/C(=C(\O)c2ccc(OCC)c(C(C)C)c2)C1c1cccc(C)c1. The van der Waals surface area contributed by atoms with Gasteiger partial charge in [-0.15, -0.1) is 0 Å². The molecule has 0 spiro atoms. The summed E-state index contributed by atoms with van der Waals surface area (Å²) in [4.78, 5) is 27.7. The third-order valence-corrected chi connectivity index (χ3v) is 5.86. The van der Waals surface area contributed by atoms with Crippen LogP contribution in [0.25, 0.3) is 5.76 Å². The maximum absolute atomic E-state index is 13.1. The van der Waals surface area contributed by atoms with E-state index in [1.165, 1.54) is 0 Å². The Bertz CT molecular complexity index is 1040. The normalized spacial score (nSPS) is 17.9. The topological polar surface area (TPSA) is 66.8 Å². The summed E-state index contributed by atoms with van der Waals surface area (Å²) < 4.78 is 5.73. The van der Waals surface area contributed by atoms with Crippen LogP contribution in [0, 0.1) is 6.92 Å². The third kappa shape index (κ3) is 4.57. The van der Waals surface area contributed by atoms with Crippen LogP contribution in [-0.4, -0.2) is 34.8 Å². The van der Waals surface area contributed by atoms with Crippen LogP contribution in [-0.2, 0) is 9.59 Å². The van der Waals surface area contributed by atoms with E-state index >= 15 is 0 Å². The summed E-state index contributed by atoms with van der Waals surface area (Å²) in [5.41, 5.74) is 3.48. The standard InChI is InChI=1S/C27H33NO4/c1-6-8-14-28-24(19-11-9-10-18(5)15-19)23(26(30)27(28)31)25(29)20-12-13-22(32-7-2)21(16-20)17(3)4/h9-13,15-17,24,29H,6-8,14H2,1-5H3/b25-23-. The molecule has 170 valence electrons. The summed E-state index contributed by atoms with van der Waals surface area (Å²) in [5.74, 6) is -0.396. The van der Waals surface area contributed by atoms with E-state index in [1.54, 1.807) is 11.0 Å². The minimum Gasteiger partial charge on any atom is -0.507 e. The van der Waals surface area contributed by atoms with E-state index in [1.807, 2.05) is 57.2 Å². The first-order valence-corrected chi connectivity index (χ1v) is 11.4. The fraction of sp³-hybridized carbons (Fsp3) is 0.407. The molecule has 1 aliphatic heterocycles. The molecule has 3 rings (SSSR count). The van der Waals surface area contributed by atoms with Crippen molar-refractivity contribution in [3.63, 3.8) is 0 Å². The van der Waals surface area contributed by atoms with E-state index in [9.17, 15) is 14.7 Å². The van der Waals surface area contributed by atoms with Gasteiger partial charge in [0.1, 0.15) is 11.5 Å². The number of aliphatic hydroxyl groups excluding tert-OH is 1. The average Bonchev–Trinajstić information content (AvgIpc) is 3.02. The van der Waals surface area contributed by atoms with Crippen LogP contribution < -0.4 is 4.74 Å². The Labute approximate surface area is 190 Å². The van der Waals surface area contributed by atoms with Gasteiger partial charge in [0.05, 0.1) is 18.2 Å². The number of likely N-dealkylation sites (tertiary alicyclic amines) is 1.